The number of nitrogens with zero attached hydrogens (tertiary/aromatic N) is 3. The van der Waals surface area contributed by atoms with Gasteiger partial charge < -0.3 is 14.2 Å². The van der Waals surface area contributed by atoms with E-state index in [0.29, 0.717) is 31.9 Å². The fourth-order valence-electron chi connectivity index (χ4n) is 5.53. The summed E-state index contributed by atoms with van der Waals surface area (Å²) < 4.78 is 19.0. The lowest BCUT2D eigenvalue weighted by Crippen LogP contribution is -2.40. The van der Waals surface area contributed by atoms with E-state index in [2.05, 4.69) is 0 Å². The van der Waals surface area contributed by atoms with Crippen molar-refractivity contribution in [3.63, 3.8) is 0 Å². The van der Waals surface area contributed by atoms with Crippen LogP contribution in [0.4, 0.5) is 5.69 Å². The van der Waals surface area contributed by atoms with Gasteiger partial charge in [-0.05, 0) is 72.3 Å². The van der Waals surface area contributed by atoms with E-state index in [0.717, 1.165) is 16.0 Å². The summed E-state index contributed by atoms with van der Waals surface area (Å²) in [5.74, 6) is 0.0664. The van der Waals surface area contributed by atoms with Gasteiger partial charge in [0.05, 0.1) is 45.5 Å². The summed E-state index contributed by atoms with van der Waals surface area (Å²) in [5.41, 5.74) is 3.09. The number of aromatic nitrogens is 1. The molecule has 0 saturated heterocycles. The predicted octanol–water partition coefficient (Wildman–Crippen LogP) is 6.81. The summed E-state index contributed by atoms with van der Waals surface area (Å²) in [4.78, 5) is 44.9. The minimum Gasteiger partial charge on any atom is -0.493 e. The van der Waals surface area contributed by atoms with Crippen LogP contribution in [0.15, 0.2) is 111 Å². The van der Waals surface area contributed by atoms with E-state index in [1.165, 1.54) is 30.6 Å². The maximum Gasteiger partial charge on any atom is 0.338 e. The minimum absolute atomic E-state index is 0.0211. The molecule has 0 unspecified atom stereocenters. The van der Waals surface area contributed by atoms with E-state index in [-0.39, 0.29) is 40.8 Å². The number of nitro benzene ring substituents is 1. The summed E-state index contributed by atoms with van der Waals surface area (Å²) in [5, 5.41) is 11.2. The molecule has 13 heteroatoms. The smallest absolute Gasteiger partial charge is 0.338 e. The van der Waals surface area contributed by atoms with Gasteiger partial charge in [0, 0.05) is 22.6 Å². The summed E-state index contributed by atoms with van der Waals surface area (Å²) in [6.07, 6.45) is 3.68. The van der Waals surface area contributed by atoms with Gasteiger partial charge in [-0.3, -0.25) is 19.5 Å². The normalized spacial score (nSPS) is 14.2. The molecule has 1 aromatic heterocycles. The number of benzene rings is 4. The summed E-state index contributed by atoms with van der Waals surface area (Å²) in [6, 6.07) is 25.7. The van der Waals surface area contributed by atoms with Crippen molar-refractivity contribution in [2.45, 2.75) is 24.5 Å². The van der Waals surface area contributed by atoms with Crippen LogP contribution in [0.25, 0.3) is 11.8 Å². The van der Waals surface area contributed by atoms with Crippen molar-refractivity contribution in [3.8, 4) is 11.5 Å². The lowest BCUT2D eigenvalue weighted by atomic mass is 9.93. The first-order valence-corrected chi connectivity index (χ1v) is 17.8. The van der Waals surface area contributed by atoms with Gasteiger partial charge in [-0.1, -0.05) is 65.4 Å². The molecule has 10 nitrogen and oxygen atoms in total. The highest BCUT2D eigenvalue weighted by Crippen LogP contribution is 2.38. The summed E-state index contributed by atoms with van der Waals surface area (Å²) >= 11 is 9.47. The molecule has 50 heavy (non-hydrogen) atoms. The van der Waals surface area contributed by atoms with Crippen LogP contribution in [-0.4, -0.2) is 35.4 Å². The number of thiazole rings is 1. The van der Waals surface area contributed by atoms with E-state index < -0.39 is 16.9 Å². The topological polar surface area (TPSA) is 122 Å². The zero-order chi connectivity index (χ0) is 35.4. The molecule has 0 radical (unpaired) electrons. The van der Waals surface area contributed by atoms with E-state index >= 15 is 0 Å². The Labute approximate surface area is 300 Å². The van der Waals surface area contributed by atoms with Crippen LogP contribution in [0.2, 0.25) is 5.02 Å². The number of nitro groups is 1. The Morgan fingerprint density at radius 2 is 1.80 bits per heavy atom. The van der Waals surface area contributed by atoms with Crippen molar-refractivity contribution >= 4 is 58.1 Å². The third-order valence-corrected chi connectivity index (χ3v) is 9.89. The standard InChI is InChI=1S/C37H30ClN3O7S2/c1-4-47-36(43)31-32(24-8-6-5-7-9-24)39-37-40(33(31)25-12-16-27(49-3)17-13-25)35(42)30(50-37)20-23-18-28(38)34(29(19-23)46-2)48-21-22-10-14-26(15-11-22)41(44)45/h5-20,33H,4,21H2,1-3H3/b30-20-/t33-/m0/s1. The Balaban J connectivity index is 1.45. The van der Waals surface area contributed by atoms with Crippen LogP contribution in [0.5, 0.6) is 11.5 Å². The second-order valence-electron chi connectivity index (χ2n) is 11.0. The second kappa shape index (κ2) is 15.2. The molecule has 1 aliphatic rings. The van der Waals surface area contributed by atoms with Crippen LogP contribution in [0.1, 0.15) is 35.2 Å². The number of non-ortho nitro benzene ring substituents is 1. The highest BCUT2D eigenvalue weighted by Gasteiger charge is 2.35. The van der Waals surface area contributed by atoms with Crippen LogP contribution < -0.4 is 24.4 Å². The first kappa shape index (κ1) is 34.7. The van der Waals surface area contributed by atoms with Crippen molar-refractivity contribution in [1.82, 2.24) is 4.57 Å². The monoisotopic (exact) mass is 727 g/mol. The number of fused-ring (bicyclic) bond motifs is 1. The fourth-order valence-corrected chi connectivity index (χ4v) is 7.21. The molecule has 0 spiro atoms. The number of esters is 1. The first-order chi connectivity index (χ1) is 24.2. The van der Waals surface area contributed by atoms with Gasteiger partial charge >= 0.3 is 5.97 Å². The van der Waals surface area contributed by atoms with Crippen molar-refractivity contribution in [1.29, 1.82) is 0 Å². The Hall–Kier alpha value is -5.17. The van der Waals surface area contributed by atoms with Gasteiger partial charge in [0.15, 0.2) is 16.3 Å². The van der Waals surface area contributed by atoms with Crippen molar-refractivity contribution in [3.05, 3.63) is 154 Å². The number of hydrogen-bond donors (Lipinski definition) is 0. The Bertz CT molecular complexity index is 2290. The second-order valence-corrected chi connectivity index (χ2v) is 13.2. The Morgan fingerprint density at radius 3 is 2.44 bits per heavy atom. The van der Waals surface area contributed by atoms with E-state index in [9.17, 15) is 19.7 Å². The number of carbonyl (C=O) groups excluding carboxylic acids is 1. The lowest BCUT2D eigenvalue weighted by molar-refractivity contribution is -0.384. The largest absolute Gasteiger partial charge is 0.493 e. The van der Waals surface area contributed by atoms with Crippen LogP contribution in [0.3, 0.4) is 0 Å². The molecule has 0 aliphatic carbocycles. The molecule has 1 atom stereocenters. The van der Waals surface area contributed by atoms with Gasteiger partial charge in [0.2, 0.25) is 0 Å². The number of hydrogen-bond acceptors (Lipinski definition) is 10. The highest BCUT2D eigenvalue weighted by molar-refractivity contribution is 7.98. The average molecular weight is 728 g/mol. The SMILES string of the molecule is CCOC(=O)C1=C(c2ccccc2)N=c2s/c(=C\c3cc(Cl)c(OCc4ccc([N+](=O)[O-])cc4)c(OC)c3)c(=O)n2[C@H]1c1ccc(SC)cc1. The van der Waals surface area contributed by atoms with E-state index in [1.807, 2.05) is 60.9 Å². The zero-order valence-electron chi connectivity index (χ0n) is 27.1. The first-order valence-electron chi connectivity index (χ1n) is 15.4. The van der Waals surface area contributed by atoms with Gasteiger partial charge in [-0.25, -0.2) is 9.79 Å². The number of halogens is 1. The van der Waals surface area contributed by atoms with E-state index in [1.54, 1.807) is 53.6 Å². The number of ether oxygens (including phenoxy) is 3. The molecule has 1 aliphatic heterocycles. The Kier molecular flexibility index (Phi) is 10.5. The van der Waals surface area contributed by atoms with Crippen molar-refractivity contribution < 1.29 is 23.9 Å². The van der Waals surface area contributed by atoms with E-state index in [4.69, 9.17) is 30.8 Å². The molecule has 0 N–H and O–H groups in total. The van der Waals surface area contributed by atoms with Crippen LogP contribution in [-0.2, 0) is 16.1 Å². The maximum atomic E-state index is 14.3. The van der Waals surface area contributed by atoms with Crippen LogP contribution >= 0.6 is 34.7 Å². The molecule has 0 fully saturated rings. The predicted molar refractivity (Wildman–Crippen MR) is 195 cm³/mol. The molecule has 0 amide bonds. The molecular weight excluding hydrogens is 698 g/mol. The molecule has 2 heterocycles. The van der Waals surface area contributed by atoms with Crippen molar-refractivity contribution in [2.24, 2.45) is 4.99 Å². The van der Waals surface area contributed by atoms with Gasteiger partial charge in [-0.15, -0.1) is 11.8 Å². The third-order valence-electron chi connectivity index (χ3n) is 7.89. The minimum atomic E-state index is -0.799. The third kappa shape index (κ3) is 7.09. The van der Waals surface area contributed by atoms with Crippen molar-refractivity contribution in [2.75, 3.05) is 20.0 Å². The molecule has 5 aromatic rings. The fraction of sp³-hybridized carbons (Fsp3) is 0.162. The number of carbonyl (C=O) groups is 1. The molecular formula is C37H30ClN3O7S2. The van der Waals surface area contributed by atoms with Gasteiger partial charge in [0.25, 0.3) is 11.2 Å². The molecule has 0 bridgehead atoms. The lowest BCUT2D eigenvalue weighted by Gasteiger charge is -2.26. The molecule has 6 rings (SSSR count). The summed E-state index contributed by atoms with van der Waals surface area (Å²) in [7, 11) is 1.48. The molecule has 0 saturated carbocycles. The van der Waals surface area contributed by atoms with Gasteiger partial charge in [0.1, 0.15) is 6.61 Å². The number of methoxy groups -OCH3 is 1. The maximum absolute atomic E-state index is 14.3. The molecule has 4 aromatic carbocycles. The molecule has 254 valence electrons. The summed E-state index contributed by atoms with van der Waals surface area (Å²) in [6.45, 7) is 1.99. The van der Waals surface area contributed by atoms with Crippen LogP contribution in [0, 0.1) is 10.1 Å². The zero-order valence-corrected chi connectivity index (χ0v) is 29.5. The average Bonchev–Trinajstić information content (AvgIpc) is 3.44. The quantitative estimate of drug-likeness (QED) is 0.0630. The Morgan fingerprint density at radius 1 is 1.08 bits per heavy atom. The highest BCUT2D eigenvalue weighted by atomic mass is 35.5. The number of rotatable bonds is 11. The number of thioether (sulfide) groups is 1. The van der Waals surface area contributed by atoms with Gasteiger partial charge in [-0.2, -0.15) is 0 Å².